The van der Waals surface area contributed by atoms with Crippen LogP contribution >= 0.6 is 0 Å². The van der Waals surface area contributed by atoms with Crippen LogP contribution in [0.5, 0.6) is 0 Å². The van der Waals surface area contributed by atoms with Gasteiger partial charge in [0, 0.05) is 12.6 Å². The summed E-state index contributed by atoms with van der Waals surface area (Å²) in [6.45, 7) is 1.51. The molecule has 1 aromatic rings. The lowest BCUT2D eigenvalue weighted by atomic mass is 9.91. The number of aromatic nitrogens is 2. The third-order valence-corrected chi connectivity index (χ3v) is 2.98. The summed E-state index contributed by atoms with van der Waals surface area (Å²) in [7, 11) is 0. The summed E-state index contributed by atoms with van der Waals surface area (Å²) in [4.78, 5) is 10.2. The van der Waals surface area contributed by atoms with Gasteiger partial charge in [-0.05, 0) is 32.2 Å². The Kier molecular flexibility index (Phi) is 3.66. The fraction of sp³-hybridized carbons (Fsp3) is 0.636. The molecule has 0 bridgehead atoms. The van der Waals surface area contributed by atoms with Gasteiger partial charge in [0.1, 0.15) is 0 Å². The Bertz CT molecular complexity index is 323. The van der Waals surface area contributed by atoms with Crippen molar-refractivity contribution in [2.45, 2.75) is 31.7 Å². The molecular formula is C11H17FN4. The molecule has 1 heterocycles. The van der Waals surface area contributed by atoms with Gasteiger partial charge in [0.15, 0.2) is 5.82 Å². The molecule has 0 spiro atoms. The second-order valence-electron chi connectivity index (χ2n) is 4.12. The average molecular weight is 224 g/mol. The van der Waals surface area contributed by atoms with E-state index in [1.54, 1.807) is 0 Å². The van der Waals surface area contributed by atoms with Crippen molar-refractivity contribution < 1.29 is 4.39 Å². The molecule has 0 amide bonds. The molecule has 1 aromatic heterocycles. The highest BCUT2D eigenvalue weighted by Crippen LogP contribution is 2.27. The maximum atomic E-state index is 12.7. The summed E-state index contributed by atoms with van der Waals surface area (Å²) < 4.78 is 12.7. The molecule has 0 aliphatic heterocycles. The van der Waals surface area contributed by atoms with Gasteiger partial charge in [-0.15, -0.1) is 0 Å². The quantitative estimate of drug-likeness (QED) is 0.819. The van der Waals surface area contributed by atoms with Crippen LogP contribution in [-0.4, -0.2) is 29.1 Å². The van der Waals surface area contributed by atoms with E-state index in [0.717, 1.165) is 13.0 Å². The monoisotopic (exact) mass is 224 g/mol. The number of nitrogens with two attached hydrogens (primary N) is 1. The molecule has 0 aromatic carbocycles. The Morgan fingerprint density at radius 2 is 2.06 bits per heavy atom. The Balaban J connectivity index is 2.07. The second kappa shape index (κ2) is 5.21. The van der Waals surface area contributed by atoms with Crippen molar-refractivity contribution in [1.29, 1.82) is 0 Å². The van der Waals surface area contributed by atoms with Crippen LogP contribution in [-0.2, 0) is 0 Å². The lowest BCUT2D eigenvalue weighted by molar-refractivity contribution is 0.380. The zero-order valence-corrected chi connectivity index (χ0v) is 9.27. The molecule has 0 unspecified atom stereocenters. The van der Waals surface area contributed by atoms with E-state index in [9.17, 15) is 4.39 Å². The van der Waals surface area contributed by atoms with Crippen molar-refractivity contribution in [3.63, 3.8) is 0 Å². The highest BCUT2D eigenvalue weighted by molar-refractivity contribution is 5.31. The molecule has 0 atom stereocenters. The highest BCUT2D eigenvalue weighted by atomic mass is 19.1. The summed E-state index contributed by atoms with van der Waals surface area (Å²) in [6, 6.07) is 0.511. The maximum absolute atomic E-state index is 12.7. The van der Waals surface area contributed by atoms with E-state index in [2.05, 4.69) is 14.9 Å². The summed E-state index contributed by atoms with van der Waals surface area (Å²) in [5.74, 6) is 0.232. The molecular weight excluding hydrogens is 207 g/mol. The van der Waals surface area contributed by atoms with Crippen LogP contribution in [0.3, 0.4) is 0 Å². The van der Waals surface area contributed by atoms with Crippen LogP contribution in [0.15, 0.2) is 12.4 Å². The standard InChI is InChI=1S/C11H17FN4/c12-9-7-14-11(15-8-9)16(6-2-5-13)10-3-1-4-10/h7-8,10H,1-6,13H2. The first-order chi connectivity index (χ1) is 7.81. The van der Waals surface area contributed by atoms with E-state index in [1.165, 1.54) is 31.7 Å². The number of nitrogens with zero attached hydrogens (tertiary/aromatic N) is 3. The minimum Gasteiger partial charge on any atom is -0.338 e. The van der Waals surface area contributed by atoms with Crippen LogP contribution in [0.25, 0.3) is 0 Å². The molecule has 16 heavy (non-hydrogen) atoms. The summed E-state index contributed by atoms with van der Waals surface area (Å²) >= 11 is 0. The van der Waals surface area contributed by atoms with Crippen molar-refractivity contribution >= 4 is 5.95 Å². The van der Waals surface area contributed by atoms with Crippen LogP contribution in [0, 0.1) is 5.82 Å². The van der Waals surface area contributed by atoms with Crippen molar-refractivity contribution in [3.8, 4) is 0 Å². The van der Waals surface area contributed by atoms with Crippen molar-refractivity contribution in [1.82, 2.24) is 9.97 Å². The van der Waals surface area contributed by atoms with Crippen molar-refractivity contribution in [3.05, 3.63) is 18.2 Å². The predicted molar refractivity (Wildman–Crippen MR) is 60.6 cm³/mol. The van der Waals surface area contributed by atoms with Gasteiger partial charge in [-0.25, -0.2) is 14.4 Å². The highest BCUT2D eigenvalue weighted by Gasteiger charge is 2.26. The summed E-state index contributed by atoms with van der Waals surface area (Å²) in [5.41, 5.74) is 5.51. The van der Waals surface area contributed by atoms with E-state index in [4.69, 9.17) is 5.73 Å². The van der Waals surface area contributed by atoms with Crippen LogP contribution in [0.4, 0.5) is 10.3 Å². The number of hydrogen-bond donors (Lipinski definition) is 1. The number of hydrogen-bond acceptors (Lipinski definition) is 4. The Labute approximate surface area is 94.7 Å². The normalized spacial score (nSPS) is 15.9. The molecule has 2 rings (SSSR count). The minimum absolute atomic E-state index is 0.392. The topological polar surface area (TPSA) is 55.0 Å². The molecule has 0 radical (unpaired) electrons. The second-order valence-corrected chi connectivity index (χ2v) is 4.12. The summed E-state index contributed by atoms with van der Waals surface area (Å²) in [6.07, 6.45) is 6.95. The smallest absolute Gasteiger partial charge is 0.225 e. The maximum Gasteiger partial charge on any atom is 0.225 e. The fourth-order valence-corrected chi connectivity index (χ4v) is 1.86. The van der Waals surface area contributed by atoms with Crippen LogP contribution < -0.4 is 10.6 Å². The van der Waals surface area contributed by atoms with Gasteiger partial charge < -0.3 is 10.6 Å². The molecule has 1 aliphatic rings. The van der Waals surface area contributed by atoms with E-state index < -0.39 is 5.82 Å². The third-order valence-electron chi connectivity index (χ3n) is 2.98. The largest absolute Gasteiger partial charge is 0.338 e. The van der Waals surface area contributed by atoms with Crippen LogP contribution in [0.1, 0.15) is 25.7 Å². The molecule has 5 heteroatoms. The van der Waals surface area contributed by atoms with Gasteiger partial charge in [-0.3, -0.25) is 0 Å². The van der Waals surface area contributed by atoms with Crippen molar-refractivity contribution in [2.24, 2.45) is 5.73 Å². The van der Waals surface area contributed by atoms with Gasteiger partial charge in [0.25, 0.3) is 0 Å². The number of anilines is 1. The van der Waals surface area contributed by atoms with E-state index in [-0.39, 0.29) is 0 Å². The van der Waals surface area contributed by atoms with Crippen molar-refractivity contribution in [2.75, 3.05) is 18.0 Å². The number of rotatable bonds is 5. The Hall–Kier alpha value is -1.23. The van der Waals surface area contributed by atoms with Gasteiger partial charge in [-0.1, -0.05) is 0 Å². The molecule has 4 nitrogen and oxygen atoms in total. The van der Waals surface area contributed by atoms with Gasteiger partial charge in [0.05, 0.1) is 12.4 Å². The minimum atomic E-state index is -0.392. The average Bonchev–Trinajstić information content (AvgIpc) is 2.23. The molecule has 0 saturated heterocycles. The van der Waals surface area contributed by atoms with Gasteiger partial charge >= 0.3 is 0 Å². The number of halogens is 1. The first-order valence-electron chi connectivity index (χ1n) is 5.75. The first-order valence-corrected chi connectivity index (χ1v) is 5.75. The Morgan fingerprint density at radius 1 is 1.38 bits per heavy atom. The zero-order chi connectivity index (χ0) is 11.4. The Morgan fingerprint density at radius 3 is 2.56 bits per heavy atom. The van der Waals surface area contributed by atoms with Gasteiger partial charge in [0.2, 0.25) is 5.95 Å². The molecule has 2 N–H and O–H groups in total. The molecule has 1 saturated carbocycles. The summed E-state index contributed by atoms with van der Waals surface area (Å²) in [5, 5.41) is 0. The lowest BCUT2D eigenvalue weighted by Gasteiger charge is -2.37. The van der Waals surface area contributed by atoms with E-state index in [1.807, 2.05) is 0 Å². The predicted octanol–water partition coefficient (Wildman–Crippen LogP) is 1.32. The van der Waals surface area contributed by atoms with Crippen LogP contribution in [0.2, 0.25) is 0 Å². The molecule has 1 fully saturated rings. The lowest BCUT2D eigenvalue weighted by Crippen LogP contribution is -2.42. The SMILES string of the molecule is NCCCN(c1ncc(F)cn1)C1CCC1. The van der Waals surface area contributed by atoms with E-state index >= 15 is 0 Å². The third kappa shape index (κ3) is 2.47. The molecule has 88 valence electrons. The zero-order valence-electron chi connectivity index (χ0n) is 9.27. The molecule has 1 aliphatic carbocycles. The fourth-order valence-electron chi connectivity index (χ4n) is 1.86. The first kappa shape index (κ1) is 11.3. The van der Waals surface area contributed by atoms with E-state index in [0.29, 0.717) is 18.5 Å². The van der Waals surface area contributed by atoms with Gasteiger partial charge in [-0.2, -0.15) is 0 Å².